The van der Waals surface area contributed by atoms with Gasteiger partial charge in [-0.1, -0.05) is 144 Å². The summed E-state index contributed by atoms with van der Waals surface area (Å²) in [5.74, 6) is -1.59. The average Bonchev–Trinajstić information content (AvgIpc) is 3.12. The summed E-state index contributed by atoms with van der Waals surface area (Å²) in [7, 11) is 5.48. The maximum atomic E-state index is 12.6. The normalized spacial score (nSPS) is 13.9. The summed E-state index contributed by atoms with van der Waals surface area (Å²) >= 11 is 0. The van der Waals surface area contributed by atoms with Crippen LogP contribution in [0.1, 0.15) is 136 Å². The number of allylic oxidation sites excluding steroid dienone is 14. The first-order chi connectivity index (χ1) is 26.1. The lowest BCUT2D eigenvalue weighted by atomic mass is 10.1. The van der Waals surface area contributed by atoms with Gasteiger partial charge in [-0.15, -0.1) is 0 Å². The Bertz CT molecular complexity index is 1160. The molecule has 0 rings (SSSR count). The molecule has 306 valence electrons. The number of carboxylic acid groups (broad SMARTS) is 1. The SMILES string of the molecule is CC/C=C/C=C/C=C/C=C/C=C/CCCC(=O)OC(COCCC(C(=O)O)[N+](C)(C)C)COC(=O)CCCCCCCCC/C=C/C/C=C/CCCCC. The summed E-state index contributed by atoms with van der Waals surface area (Å²) in [6.45, 7) is 4.45. The van der Waals surface area contributed by atoms with Gasteiger partial charge in [0.2, 0.25) is 0 Å². The zero-order chi connectivity index (χ0) is 40.0. The van der Waals surface area contributed by atoms with Crippen LogP contribution in [0.3, 0.4) is 0 Å². The van der Waals surface area contributed by atoms with Gasteiger partial charge in [-0.05, 0) is 57.8 Å². The van der Waals surface area contributed by atoms with Crippen LogP contribution in [-0.2, 0) is 28.6 Å². The summed E-state index contributed by atoms with van der Waals surface area (Å²) < 4.78 is 17.1. The largest absolute Gasteiger partial charge is 0.477 e. The van der Waals surface area contributed by atoms with Gasteiger partial charge in [0.25, 0.3) is 0 Å². The van der Waals surface area contributed by atoms with Gasteiger partial charge < -0.3 is 23.8 Å². The molecule has 0 aromatic carbocycles. The first kappa shape index (κ1) is 50.5. The van der Waals surface area contributed by atoms with Crippen LogP contribution in [0.2, 0.25) is 0 Å². The van der Waals surface area contributed by atoms with Crippen LogP contribution in [0.25, 0.3) is 0 Å². The van der Waals surface area contributed by atoms with E-state index in [0.29, 0.717) is 19.3 Å². The molecule has 0 fully saturated rings. The van der Waals surface area contributed by atoms with E-state index in [1.54, 1.807) is 0 Å². The molecule has 0 aromatic rings. The van der Waals surface area contributed by atoms with E-state index in [4.69, 9.17) is 14.2 Å². The molecule has 2 unspecified atom stereocenters. The van der Waals surface area contributed by atoms with Gasteiger partial charge in [0, 0.05) is 19.3 Å². The zero-order valence-corrected chi connectivity index (χ0v) is 34.6. The third-order valence-corrected chi connectivity index (χ3v) is 8.66. The van der Waals surface area contributed by atoms with Crippen molar-refractivity contribution in [1.82, 2.24) is 0 Å². The van der Waals surface area contributed by atoms with Crippen molar-refractivity contribution < 1.29 is 38.2 Å². The lowest BCUT2D eigenvalue weighted by Crippen LogP contribution is -2.50. The Balaban J connectivity index is 4.49. The molecule has 0 aliphatic heterocycles. The minimum Gasteiger partial charge on any atom is -0.477 e. The number of ether oxygens (including phenoxy) is 3. The molecule has 0 bridgehead atoms. The predicted molar refractivity (Wildman–Crippen MR) is 224 cm³/mol. The minimum atomic E-state index is -0.892. The van der Waals surface area contributed by atoms with Gasteiger partial charge >= 0.3 is 17.9 Å². The fraction of sp³-hybridized carbons (Fsp3) is 0.630. The minimum absolute atomic E-state index is 0.0246. The van der Waals surface area contributed by atoms with Gasteiger partial charge in [0.1, 0.15) is 6.61 Å². The Hall–Kier alpha value is -3.49. The summed E-state index contributed by atoms with van der Waals surface area (Å²) in [6.07, 6.45) is 46.4. The highest BCUT2D eigenvalue weighted by Crippen LogP contribution is 2.12. The van der Waals surface area contributed by atoms with E-state index < -0.39 is 18.1 Å². The molecule has 0 radical (unpaired) electrons. The van der Waals surface area contributed by atoms with Crippen molar-refractivity contribution in [3.05, 3.63) is 85.1 Å². The van der Waals surface area contributed by atoms with E-state index in [2.05, 4.69) is 44.2 Å². The Kier molecular flexibility index (Phi) is 34.1. The van der Waals surface area contributed by atoms with Gasteiger partial charge in [0.05, 0.1) is 34.4 Å². The number of likely N-dealkylation sites (N-methyl/N-ethyl adjacent to an activating group) is 1. The smallest absolute Gasteiger partial charge is 0.362 e. The van der Waals surface area contributed by atoms with Crippen LogP contribution < -0.4 is 0 Å². The van der Waals surface area contributed by atoms with Crippen LogP contribution in [-0.4, -0.2) is 80.6 Å². The first-order valence-electron chi connectivity index (χ1n) is 20.7. The summed E-state index contributed by atoms with van der Waals surface area (Å²) in [4.78, 5) is 36.9. The van der Waals surface area contributed by atoms with E-state index in [-0.39, 0.29) is 42.7 Å². The summed E-state index contributed by atoms with van der Waals surface area (Å²) in [5, 5.41) is 9.60. The van der Waals surface area contributed by atoms with Crippen molar-refractivity contribution in [2.75, 3.05) is 41.0 Å². The molecule has 0 spiro atoms. The first-order valence-corrected chi connectivity index (χ1v) is 20.7. The molecule has 8 nitrogen and oxygen atoms in total. The second-order valence-electron chi connectivity index (χ2n) is 14.6. The number of aliphatic carboxylic acids is 1. The topological polar surface area (TPSA) is 99.1 Å². The van der Waals surface area contributed by atoms with E-state index in [1.807, 2.05) is 75.8 Å². The van der Waals surface area contributed by atoms with Crippen LogP contribution in [0.4, 0.5) is 0 Å². The molecule has 0 heterocycles. The molecule has 0 saturated carbocycles. The monoisotopic (exact) mass is 755 g/mol. The van der Waals surface area contributed by atoms with Gasteiger partial charge in [-0.3, -0.25) is 9.59 Å². The number of rotatable bonds is 35. The number of carbonyl (C=O) groups excluding carboxylic acids is 2. The maximum absolute atomic E-state index is 12.6. The third kappa shape index (κ3) is 34.3. The number of quaternary nitrogens is 1. The molecule has 0 aliphatic carbocycles. The Morgan fingerprint density at radius 2 is 1.13 bits per heavy atom. The predicted octanol–water partition coefficient (Wildman–Crippen LogP) is 11.0. The van der Waals surface area contributed by atoms with E-state index in [1.165, 1.54) is 51.4 Å². The van der Waals surface area contributed by atoms with Crippen molar-refractivity contribution in [1.29, 1.82) is 0 Å². The van der Waals surface area contributed by atoms with Crippen LogP contribution in [0.5, 0.6) is 0 Å². The molecule has 0 aromatic heterocycles. The third-order valence-electron chi connectivity index (χ3n) is 8.66. The van der Waals surface area contributed by atoms with Gasteiger partial charge in [0.15, 0.2) is 12.1 Å². The summed E-state index contributed by atoms with van der Waals surface area (Å²) in [5.41, 5.74) is 0. The molecule has 54 heavy (non-hydrogen) atoms. The van der Waals surface area contributed by atoms with Crippen molar-refractivity contribution in [3.63, 3.8) is 0 Å². The number of hydrogen-bond donors (Lipinski definition) is 1. The Morgan fingerprint density at radius 3 is 1.72 bits per heavy atom. The van der Waals surface area contributed by atoms with Crippen molar-refractivity contribution in [2.24, 2.45) is 0 Å². The Morgan fingerprint density at radius 1 is 0.593 bits per heavy atom. The highest BCUT2D eigenvalue weighted by Gasteiger charge is 2.31. The lowest BCUT2D eigenvalue weighted by molar-refractivity contribution is -0.887. The van der Waals surface area contributed by atoms with E-state index in [9.17, 15) is 19.5 Å². The number of unbranched alkanes of at least 4 members (excludes halogenated alkanes) is 11. The van der Waals surface area contributed by atoms with Crippen molar-refractivity contribution in [3.8, 4) is 0 Å². The second-order valence-corrected chi connectivity index (χ2v) is 14.6. The average molecular weight is 755 g/mol. The van der Waals surface area contributed by atoms with E-state index >= 15 is 0 Å². The van der Waals surface area contributed by atoms with Crippen LogP contribution in [0.15, 0.2) is 85.1 Å². The maximum Gasteiger partial charge on any atom is 0.362 e. The van der Waals surface area contributed by atoms with Crippen LogP contribution in [0, 0.1) is 0 Å². The number of esters is 2. The molecule has 0 amide bonds. The second kappa shape index (κ2) is 36.5. The summed E-state index contributed by atoms with van der Waals surface area (Å²) in [6, 6.07) is -0.632. The molecule has 1 N–H and O–H groups in total. The number of nitrogens with zero attached hydrogens (tertiary/aromatic N) is 1. The number of hydrogen-bond acceptors (Lipinski definition) is 6. The van der Waals surface area contributed by atoms with Crippen molar-refractivity contribution in [2.45, 2.75) is 148 Å². The highest BCUT2D eigenvalue weighted by atomic mass is 16.6. The molecule has 0 aliphatic rings. The molecule has 2 atom stereocenters. The lowest BCUT2D eigenvalue weighted by Gasteiger charge is -2.31. The fourth-order valence-electron chi connectivity index (χ4n) is 5.44. The standard InChI is InChI=1S/C46H75NO7/c1-6-8-10-12-14-16-18-20-21-22-23-25-26-28-30-32-34-36-44(48)53-41-42(40-52-39-38-43(46(50)51)47(3,4)5)54-45(49)37-35-33-31-29-27-24-19-17-15-13-11-9-7-2/h9,11,13-17,19-21,24,27,29,31,42-43H,6-8,10,12,18,22-23,25-26,28,30,32-41H2,1-5H3/p+1/b11-9+,15-13+,16-14+,19-17+,21-20+,27-24+,31-29+. The van der Waals surface area contributed by atoms with Crippen LogP contribution >= 0.6 is 0 Å². The highest BCUT2D eigenvalue weighted by molar-refractivity contribution is 5.72. The molecule has 0 saturated heterocycles. The molecular formula is C46H76NO7+. The Labute approximate surface area is 329 Å². The quantitative estimate of drug-likeness (QED) is 0.0226. The van der Waals surface area contributed by atoms with Crippen molar-refractivity contribution >= 4 is 17.9 Å². The van der Waals surface area contributed by atoms with E-state index in [0.717, 1.165) is 44.9 Å². The molecule has 8 heteroatoms. The number of carboxylic acids is 1. The van der Waals surface area contributed by atoms with Gasteiger partial charge in [-0.25, -0.2) is 4.79 Å². The molecular weight excluding hydrogens is 679 g/mol. The van der Waals surface area contributed by atoms with Gasteiger partial charge in [-0.2, -0.15) is 0 Å². The zero-order valence-electron chi connectivity index (χ0n) is 34.6. The number of carbonyl (C=O) groups is 3. The fourth-order valence-corrected chi connectivity index (χ4v) is 5.44.